The zero-order chi connectivity index (χ0) is 23.4. The molecule has 2 bridgehead atoms. The summed E-state index contributed by atoms with van der Waals surface area (Å²) < 4.78 is 75.2. The van der Waals surface area contributed by atoms with Crippen molar-refractivity contribution in [1.29, 1.82) is 0 Å². The molecule has 1 aliphatic heterocycles. The van der Waals surface area contributed by atoms with E-state index >= 15 is 0 Å². The van der Waals surface area contributed by atoms with E-state index in [4.69, 9.17) is 9.26 Å². The number of ether oxygens (including phenoxy) is 1. The van der Waals surface area contributed by atoms with Gasteiger partial charge in [-0.15, -0.1) is 5.10 Å². The lowest BCUT2D eigenvalue weighted by molar-refractivity contribution is -0.289. The predicted molar refractivity (Wildman–Crippen MR) is 104 cm³/mol. The van der Waals surface area contributed by atoms with Gasteiger partial charge in [0.2, 0.25) is 5.95 Å². The van der Waals surface area contributed by atoms with Gasteiger partial charge in [0.05, 0.1) is 0 Å². The minimum atomic E-state index is -5.70. The van der Waals surface area contributed by atoms with E-state index < -0.39 is 18.7 Å². The van der Waals surface area contributed by atoms with Crippen molar-refractivity contribution in [2.75, 3.05) is 29.9 Å². The summed E-state index contributed by atoms with van der Waals surface area (Å²) in [5, 5.41) is 11.4. The zero-order valence-electron chi connectivity index (χ0n) is 17.4. The van der Waals surface area contributed by atoms with Crippen molar-refractivity contribution in [1.82, 2.24) is 24.7 Å². The molecule has 1 N–H and O–H groups in total. The number of aryl methyl sites for hydroxylation is 1. The SMILES string of the molecule is Cc1noc(N2CC3CCC(C2)C3Nc2nc3c(OCC(F)(F)C(F)(F)F)cccn3n2)n1. The molecule has 178 valence electrons. The van der Waals surface area contributed by atoms with Crippen LogP contribution in [0.25, 0.3) is 5.65 Å². The Morgan fingerprint density at radius 1 is 1.15 bits per heavy atom. The van der Waals surface area contributed by atoms with Gasteiger partial charge in [-0.05, 0) is 43.7 Å². The first-order valence-corrected chi connectivity index (χ1v) is 10.4. The van der Waals surface area contributed by atoms with Gasteiger partial charge in [-0.1, -0.05) is 5.16 Å². The van der Waals surface area contributed by atoms with E-state index in [0.717, 1.165) is 12.8 Å². The molecule has 9 nitrogen and oxygen atoms in total. The van der Waals surface area contributed by atoms with Gasteiger partial charge in [-0.2, -0.15) is 31.9 Å². The van der Waals surface area contributed by atoms with Crippen molar-refractivity contribution >= 4 is 17.6 Å². The van der Waals surface area contributed by atoms with Crippen molar-refractivity contribution in [3.8, 4) is 5.75 Å². The Morgan fingerprint density at radius 2 is 1.88 bits per heavy atom. The molecule has 5 rings (SSSR count). The second-order valence-corrected chi connectivity index (χ2v) is 8.36. The third kappa shape index (κ3) is 4.02. The van der Waals surface area contributed by atoms with Gasteiger partial charge in [-0.3, -0.25) is 0 Å². The number of hydrogen-bond donors (Lipinski definition) is 1. The number of nitrogens with one attached hydrogen (secondary N) is 1. The highest BCUT2D eigenvalue weighted by Gasteiger charge is 2.58. The summed E-state index contributed by atoms with van der Waals surface area (Å²) in [6, 6.07) is 3.27. The first-order valence-electron chi connectivity index (χ1n) is 10.4. The number of aromatic nitrogens is 5. The quantitative estimate of drug-likeness (QED) is 0.545. The third-order valence-corrected chi connectivity index (χ3v) is 6.07. The van der Waals surface area contributed by atoms with Crippen LogP contribution in [0.4, 0.5) is 33.9 Å². The second kappa shape index (κ2) is 7.70. The molecule has 0 aromatic carbocycles. The van der Waals surface area contributed by atoms with Gasteiger partial charge >= 0.3 is 18.1 Å². The molecule has 0 amide bonds. The van der Waals surface area contributed by atoms with Crippen LogP contribution in [0.15, 0.2) is 22.9 Å². The van der Waals surface area contributed by atoms with Crippen molar-refractivity contribution < 1.29 is 31.2 Å². The minimum absolute atomic E-state index is 0.0455. The zero-order valence-corrected chi connectivity index (χ0v) is 17.4. The third-order valence-electron chi connectivity index (χ3n) is 6.07. The van der Waals surface area contributed by atoms with Gasteiger partial charge in [0.1, 0.15) is 0 Å². The first-order chi connectivity index (χ1) is 15.6. The van der Waals surface area contributed by atoms with Crippen LogP contribution in [-0.2, 0) is 0 Å². The van der Waals surface area contributed by atoms with Crippen LogP contribution in [-0.4, -0.2) is 62.6 Å². The van der Waals surface area contributed by atoms with Crippen LogP contribution < -0.4 is 15.0 Å². The number of halogens is 5. The summed E-state index contributed by atoms with van der Waals surface area (Å²) in [4.78, 5) is 10.6. The van der Waals surface area contributed by atoms with Gasteiger partial charge in [0, 0.05) is 25.3 Å². The lowest BCUT2D eigenvalue weighted by atomic mass is 9.92. The van der Waals surface area contributed by atoms with E-state index in [1.54, 1.807) is 6.92 Å². The van der Waals surface area contributed by atoms with Crippen molar-refractivity contribution in [3.63, 3.8) is 0 Å². The average molecular weight is 473 g/mol. The van der Waals surface area contributed by atoms with Crippen LogP contribution in [0.5, 0.6) is 5.75 Å². The number of pyridine rings is 1. The Bertz CT molecular complexity index is 1130. The van der Waals surface area contributed by atoms with Crippen molar-refractivity contribution in [3.05, 3.63) is 24.2 Å². The molecule has 2 aliphatic rings. The molecule has 3 aromatic rings. The van der Waals surface area contributed by atoms with Crippen LogP contribution in [0.2, 0.25) is 0 Å². The molecule has 4 heterocycles. The number of piperidine rings is 1. The summed E-state index contributed by atoms with van der Waals surface area (Å²) in [6.07, 6.45) is -2.22. The van der Waals surface area contributed by atoms with Crippen LogP contribution >= 0.6 is 0 Å². The lowest BCUT2D eigenvalue weighted by Gasteiger charge is -2.37. The molecule has 0 spiro atoms. The standard InChI is InChI=1S/C19H20F5N7O2/c1-10-25-17(33-29-10)30-7-11-4-5-12(8-30)14(11)26-16-27-15-13(3-2-6-31(15)28-16)32-9-18(20,21)19(22,23)24/h2-3,6,11-12,14H,4-5,7-9H2,1H3,(H,26,28). The Morgan fingerprint density at radius 3 is 2.52 bits per heavy atom. The fourth-order valence-electron chi connectivity index (χ4n) is 4.48. The molecule has 2 fully saturated rings. The largest absolute Gasteiger partial charge is 0.483 e. The number of rotatable bonds is 6. The van der Waals surface area contributed by atoms with Gasteiger partial charge in [-0.25, -0.2) is 4.52 Å². The summed E-state index contributed by atoms with van der Waals surface area (Å²) in [7, 11) is 0. The molecule has 33 heavy (non-hydrogen) atoms. The van der Waals surface area contributed by atoms with Gasteiger partial charge in [0.15, 0.2) is 23.8 Å². The molecule has 1 saturated heterocycles. The van der Waals surface area contributed by atoms with E-state index in [-0.39, 0.29) is 35.2 Å². The Balaban J connectivity index is 1.30. The van der Waals surface area contributed by atoms with E-state index in [9.17, 15) is 22.0 Å². The number of nitrogens with zero attached hydrogens (tertiary/aromatic N) is 6. The van der Waals surface area contributed by atoms with E-state index in [1.165, 1.54) is 22.8 Å². The van der Waals surface area contributed by atoms with Crippen LogP contribution in [0.1, 0.15) is 18.7 Å². The number of alkyl halides is 5. The fraction of sp³-hybridized carbons (Fsp3) is 0.579. The van der Waals surface area contributed by atoms with E-state index in [0.29, 0.717) is 24.9 Å². The number of fused-ring (bicyclic) bond motifs is 3. The minimum Gasteiger partial charge on any atom is -0.483 e. The highest BCUT2D eigenvalue weighted by Crippen LogP contribution is 2.40. The smallest absolute Gasteiger partial charge is 0.456 e. The first kappa shape index (κ1) is 21.6. The summed E-state index contributed by atoms with van der Waals surface area (Å²) in [5.74, 6) is -3.85. The monoisotopic (exact) mass is 473 g/mol. The molecule has 0 radical (unpaired) electrons. The molecule has 1 saturated carbocycles. The van der Waals surface area contributed by atoms with Crippen molar-refractivity contribution in [2.24, 2.45) is 11.8 Å². The molecular formula is C19H20F5N7O2. The van der Waals surface area contributed by atoms with Gasteiger partial charge in [0.25, 0.3) is 0 Å². The highest BCUT2D eigenvalue weighted by molar-refractivity contribution is 5.56. The maximum absolute atomic E-state index is 13.3. The predicted octanol–water partition coefficient (Wildman–Crippen LogP) is 3.32. The maximum atomic E-state index is 13.3. The van der Waals surface area contributed by atoms with Gasteiger partial charge < -0.3 is 19.5 Å². The Kier molecular flexibility index (Phi) is 5.05. The highest BCUT2D eigenvalue weighted by atomic mass is 19.4. The van der Waals surface area contributed by atoms with Crippen molar-refractivity contribution in [2.45, 2.75) is 37.9 Å². The normalized spacial score (nSPS) is 23.3. The number of anilines is 2. The lowest BCUT2D eigenvalue weighted by Crippen LogP contribution is -2.48. The molecule has 14 heteroatoms. The molecule has 3 aromatic heterocycles. The second-order valence-electron chi connectivity index (χ2n) is 8.36. The molecule has 2 unspecified atom stereocenters. The Hall–Kier alpha value is -3.19. The van der Waals surface area contributed by atoms with Crippen LogP contribution in [0, 0.1) is 18.8 Å². The fourth-order valence-corrected chi connectivity index (χ4v) is 4.48. The van der Waals surface area contributed by atoms with E-state index in [2.05, 4.69) is 30.4 Å². The summed E-state index contributed by atoms with van der Waals surface area (Å²) >= 11 is 0. The topological polar surface area (TPSA) is 93.6 Å². The van der Waals surface area contributed by atoms with E-state index in [1.807, 2.05) is 0 Å². The summed E-state index contributed by atoms with van der Waals surface area (Å²) in [5.41, 5.74) is 0.0455. The molecule has 2 atom stereocenters. The average Bonchev–Trinajstić information content (AvgIpc) is 3.41. The maximum Gasteiger partial charge on any atom is 0.456 e. The van der Waals surface area contributed by atoms with Crippen LogP contribution in [0.3, 0.4) is 0 Å². The Labute approximate surface area is 183 Å². The molecular weight excluding hydrogens is 453 g/mol. The number of hydrogen-bond acceptors (Lipinski definition) is 8. The summed E-state index contributed by atoms with van der Waals surface area (Å²) in [6.45, 7) is 1.34. The molecule has 1 aliphatic carbocycles.